The van der Waals surface area contributed by atoms with Crippen LogP contribution in [0.4, 0.5) is 5.82 Å². The summed E-state index contributed by atoms with van der Waals surface area (Å²) in [6, 6.07) is 4.96. The van der Waals surface area contributed by atoms with Gasteiger partial charge in [0.05, 0.1) is 25.5 Å². The summed E-state index contributed by atoms with van der Waals surface area (Å²) in [6.07, 6.45) is 1.79. The van der Waals surface area contributed by atoms with Gasteiger partial charge in [0, 0.05) is 6.21 Å². The maximum Gasteiger partial charge on any atom is 0.220 e. The van der Waals surface area contributed by atoms with Gasteiger partial charge in [-0.3, -0.25) is 5.43 Å². The zero-order chi connectivity index (χ0) is 19.2. The molecule has 0 bridgehead atoms. The van der Waals surface area contributed by atoms with Crippen molar-refractivity contribution in [3.8, 4) is 11.8 Å². The molecule has 140 valence electrons. The predicted molar refractivity (Wildman–Crippen MR) is 103 cm³/mol. The Morgan fingerprint density at radius 3 is 2.31 bits per heavy atom. The van der Waals surface area contributed by atoms with Crippen LogP contribution >= 0.6 is 23.4 Å². The molecular formula is C16H21ClN6O2S. The van der Waals surface area contributed by atoms with E-state index in [1.54, 1.807) is 38.6 Å². The lowest BCUT2D eigenvalue weighted by molar-refractivity contribution is 0.364. The van der Waals surface area contributed by atoms with E-state index in [4.69, 9.17) is 21.1 Å². The summed E-state index contributed by atoms with van der Waals surface area (Å²) < 4.78 is 10.4. The highest BCUT2D eigenvalue weighted by atomic mass is 35.5. The quantitative estimate of drug-likeness (QED) is 0.328. The highest BCUT2D eigenvalue weighted by Gasteiger charge is 2.26. The molecule has 0 radical (unpaired) electrons. The van der Waals surface area contributed by atoms with Crippen molar-refractivity contribution in [2.24, 2.45) is 10.5 Å². The smallest absolute Gasteiger partial charge is 0.220 e. The van der Waals surface area contributed by atoms with Crippen molar-refractivity contribution >= 4 is 35.4 Å². The highest BCUT2D eigenvalue weighted by molar-refractivity contribution is 8.00. The number of thioether (sulfide) groups is 1. The van der Waals surface area contributed by atoms with E-state index in [2.05, 4.69) is 51.5 Å². The zero-order valence-electron chi connectivity index (χ0n) is 15.2. The lowest BCUT2D eigenvalue weighted by Gasteiger charge is -2.26. The van der Waals surface area contributed by atoms with E-state index in [1.807, 2.05) is 0 Å². The molecule has 26 heavy (non-hydrogen) atoms. The largest absolute Gasteiger partial charge is 0.481 e. The Kier molecular flexibility index (Phi) is 6.98. The van der Waals surface area contributed by atoms with Gasteiger partial charge in [-0.25, -0.2) is 0 Å². The minimum Gasteiger partial charge on any atom is -0.481 e. The molecule has 0 saturated heterocycles. The van der Waals surface area contributed by atoms with E-state index in [9.17, 15) is 0 Å². The number of aromatic nitrogens is 4. The summed E-state index contributed by atoms with van der Waals surface area (Å²) in [4.78, 5) is 8.72. The second-order valence-electron chi connectivity index (χ2n) is 6.27. The Bertz CT molecular complexity index is 729. The number of nitrogens with zero attached hydrogens (tertiary/aromatic N) is 5. The van der Waals surface area contributed by atoms with Crippen molar-refractivity contribution < 1.29 is 9.47 Å². The normalized spacial score (nSPS) is 12.8. The first-order chi connectivity index (χ1) is 12.3. The molecule has 2 heterocycles. The maximum absolute atomic E-state index is 5.72. The van der Waals surface area contributed by atoms with Crippen LogP contribution in [0.15, 0.2) is 28.5 Å². The summed E-state index contributed by atoms with van der Waals surface area (Å²) in [7, 11) is 3.10. The number of halogens is 1. The number of methoxy groups -OCH3 is 2. The van der Waals surface area contributed by atoms with Crippen LogP contribution < -0.4 is 14.9 Å². The van der Waals surface area contributed by atoms with Gasteiger partial charge in [-0.1, -0.05) is 44.1 Å². The topological polar surface area (TPSA) is 94.4 Å². The van der Waals surface area contributed by atoms with E-state index in [-0.39, 0.29) is 10.7 Å². The number of rotatable bonds is 7. The lowest BCUT2D eigenvalue weighted by Crippen LogP contribution is -2.25. The van der Waals surface area contributed by atoms with Crippen molar-refractivity contribution in [2.75, 3.05) is 19.6 Å². The molecule has 2 aromatic heterocycles. The first-order valence-corrected chi connectivity index (χ1v) is 8.99. The van der Waals surface area contributed by atoms with Crippen molar-refractivity contribution in [3.05, 3.63) is 23.4 Å². The van der Waals surface area contributed by atoms with Crippen LogP contribution in [0.25, 0.3) is 0 Å². The Labute approximate surface area is 161 Å². The van der Waals surface area contributed by atoms with Gasteiger partial charge in [0.15, 0.2) is 16.1 Å². The number of hydrazone groups is 1. The highest BCUT2D eigenvalue weighted by Crippen LogP contribution is 2.34. The minimum absolute atomic E-state index is 0.0212. The van der Waals surface area contributed by atoms with Crippen molar-refractivity contribution in [3.63, 3.8) is 0 Å². The van der Waals surface area contributed by atoms with Crippen LogP contribution in [0.1, 0.15) is 20.8 Å². The Morgan fingerprint density at radius 2 is 1.81 bits per heavy atom. The molecule has 0 aliphatic carbocycles. The van der Waals surface area contributed by atoms with Crippen molar-refractivity contribution in [1.29, 1.82) is 0 Å². The van der Waals surface area contributed by atoms with Crippen LogP contribution in [-0.4, -0.2) is 45.8 Å². The number of ether oxygens (including phenoxy) is 2. The Hall–Kier alpha value is -2.13. The summed E-state index contributed by atoms with van der Waals surface area (Å²) >= 11 is 7.18. The van der Waals surface area contributed by atoms with Crippen molar-refractivity contribution in [2.45, 2.75) is 31.2 Å². The summed E-state index contributed by atoms with van der Waals surface area (Å²) in [5, 5.41) is 12.8. The maximum atomic E-state index is 5.72. The molecule has 0 fully saturated rings. The van der Waals surface area contributed by atoms with Crippen LogP contribution in [0.3, 0.4) is 0 Å². The second-order valence-corrected chi connectivity index (χ2v) is 7.77. The Morgan fingerprint density at radius 1 is 1.15 bits per heavy atom. The Balaban J connectivity index is 2.15. The molecule has 8 nitrogen and oxygen atoms in total. The molecular weight excluding hydrogens is 376 g/mol. The van der Waals surface area contributed by atoms with Crippen LogP contribution in [0.2, 0.25) is 5.15 Å². The third-order valence-electron chi connectivity index (χ3n) is 3.18. The first kappa shape index (κ1) is 20.2. The molecule has 1 atom stereocenters. The zero-order valence-corrected chi connectivity index (χ0v) is 16.8. The fourth-order valence-corrected chi connectivity index (χ4v) is 2.83. The summed E-state index contributed by atoms with van der Waals surface area (Å²) in [5.41, 5.74) is 2.74. The average Bonchev–Trinajstić information content (AvgIpc) is 2.61. The van der Waals surface area contributed by atoms with Gasteiger partial charge in [0.2, 0.25) is 11.8 Å². The minimum atomic E-state index is -0.0960. The van der Waals surface area contributed by atoms with Crippen LogP contribution in [-0.2, 0) is 0 Å². The van der Waals surface area contributed by atoms with Gasteiger partial charge >= 0.3 is 0 Å². The molecule has 0 spiro atoms. The summed E-state index contributed by atoms with van der Waals surface area (Å²) in [6.45, 7) is 6.32. The fraction of sp³-hybridized carbons (Fsp3) is 0.438. The number of hydrogen-bond donors (Lipinski definition) is 1. The van der Waals surface area contributed by atoms with E-state index >= 15 is 0 Å². The van der Waals surface area contributed by atoms with Crippen LogP contribution in [0, 0.1) is 5.41 Å². The molecule has 0 aliphatic rings. The third-order valence-corrected chi connectivity index (χ3v) is 4.86. The summed E-state index contributed by atoms with van der Waals surface area (Å²) in [5.74, 6) is 1.39. The van der Waals surface area contributed by atoms with Gasteiger partial charge in [-0.2, -0.15) is 15.1 Å². The van der Waals surface area contributed by atoms with Crippen LogP contribution in [0.5, 0.6) is 11.8 Å². The molecule has 2 rings (SSSR count). The van der Waals surface area contributed by atoms with Gasteiger partial charge in [0.25, 0.3) is 0 Å². The number of anilines is 1. The molecule has 10 heteroatoms. The SMILES string of the molecule is COc1cc(OC)nc(SC(C=NNc2ccc(Cl)nn2)C(C)(C)C)n1. The number of hydrogen-bond acceptors (Lipinski definition) is 9. The molecule has 1 unspecified atom stereocenters. The van der Waals surface area contributed by atoms with Gasteiger partial charge < -0.3 is 9.47 Å². The monoisotopic (exact) mass is 396 g/mol. The standard InChI is InChI=1S/C16H21ClN6O2S/c1-16(2,3)10(9-18-22-12-7-6-11(17)21-23-12)26-15-19-13(24-4)8-14(20-15)25-5/h6-10H,1-5H3,(H,22,23). The van der Waals surface area contributed by atoms with Gasteiger partial charge in [-0.05, 0) is 17.5 Å². The first-order valence-electron chi connectivity index (χ1n) is 7.74. The third kappa shape index (κ3) is 5.99. The van der Waals surface area contributed by atoms with E-state index in [0.717, 1.165) is 0 Å². The van der Waals surface area contributed by atoms with Gasteiger partial charge in [-0.15, -0.1) is 10.2 Å². The molecule has 0 aliphatic heterocycles. The van der Waals surface area contributed by atoms with Gasteiger partial charge in [0.1, 0.15) is 0 Å². The predicted octanol–water partition coefficient (Wildman–Crippen LogP) is 3.54. The van der Waals surface area contributed by atoms with E-state index in [1.165, 1.54) is 11.8 Å². The molecule has 2 aromatic rings. The molecule has 1 N–H and O–H groups in total. The second kappa shape index (κ2) is 9.00. The molecule has 0 amide bonds. The van der Waals surface area contributed by atoms with E-state index < -0.39 is 0 Å². The average molecular weight is 397 g/mol. The lowest BCUT2D eigenvalue weighted by atomic mass is 9.92. The number of nitrogens with one attached hydrogen (secondary N) is 1. The molecule has 0 aromatic carbocycles. The van der Waals surface area contributed by atoms with E-state index in [0.29, 0.717) is 27.9 Å². The fourth-order valence-electron chi connectivity index (χ4n) is 1.74. The molecule has 0 saturated carbocycles. The van der Waals surface area contributed by atoms with Crippen molar-refractivity contribution in [1.82, 2.24) is 20.2 Å².